The molecule has 2 N–H and O–H groups in total. The molecule has 27 heavy (non-hydrogen) atoms. The summed E-state index contributed by atoms with van der Waals surface area (Å²) in [5.74, 6) is 0.170. The maximum absolute atomic E-state index is 10.9. The number of aromatic hydroxyl groups is 1. The number of nitrogens with one attached hydrogen (secondary N) is 1. The lowest BCUT2D eigenvalue weighted by Crippen LogP contribution is -2.12. The standard InChI is InChI=1S/C23H17N3O/c24-15-16-8-11-19(12-9-16)26-21(17-5-2-1-3-6-17)20-13-10-18-7-4-14-25-22(18)23(20)27/h1-14,21,26-27H. The second-order valence-electron chi connectivity index (χ2n) is 6.26. The Bertz CT molecular complexity index is 1120. The maximum Gasteiger partial charge on any atom is 0.147 e. The second kappa shape index (κ2) is 7.19. The fourth-order valence-electron chi connectivity index (χ4n) is 3.17. The number of phenolic OH excluding ortho intramolecular Hbond substituents is 1. The van der Waals surface area contributed by atoms with Crippen LogP contribution in [-0.4, -0.2) is 10.1 Å². The zero-order chi connectivity index (χ0) is 18.6. The first-order chi connectivity index (χ1) is 13.3. The van der Waals surface area contributed by atoms with Gasteiger partial charge in [0.15, 0.2) is 0 Å². The van der Waals surface area contributed by atoms with E-state index < -0.39 is 0 Å². The van der Waals surface area contributed by atoms with Crippen LogP contribution in [0.5, 0.6) is 5.75 Å². The number of fused-ring (bicyclic) bond motifs is 1. The minimum Gasteiger partial charge on any atom is -0.505 e. The van der Waals surface area contributed by atoms with Crippen LogP contribution in [0.25, 0.3) is 10.9 Å². The SMILES string of the molecule is N#Cc1ccc(NC(c2ccccc2)c2ccc3cccnc3c2O)cc1. The third-order valence-corrected chi connectivity index (χ3v) is 4.55. The first-order valence-electron chi connectivity index (χ1n) is 8.64. The highest BCUT2D eigenvalue weighted by atomic mass is 16.3. The molecule has 0 bridgehead atoms. The first kappa shape index (κ1) is 16.6. The van der Waals surface area contributed by atoms with Crippen molar-refractivity contribution in [1.82, 2.24) is 4.98 Å². The van der Waals surface area contributed by atoms with Gasteiger partial charge in [0.25, 0.3) is 0 Å². The molecule has 0 saturated carbocycles. The average Bonchev–Trinajstić information content (AvgIpc) is 2.74. The zero-order valence-electron chi connectivity index (χ0n) is 14.5. The molecule has 4 nitrogen and oxygen atoms in total. The Morgan fingerprint density at radius 2 is 1.67 bits per heavy atom. The van der Waals surface area contributed by atoms with Crippen molar-refractivity contribution < 1.29 is 5.11 Å². The quantitative estimate of drug-likeness (QED) is 0.542. The summed E-state index contributed by atoms with van der Waals surface area (Å²) in [7, 11) is 0. The van der Waals surface area contributed by atoms with Gasteiger partial charge in [-0.15, -0.1) is 0 Å². The molecule has 130 valence electrons. The summed E-state index contributed by atoms with van der Waals surface area (Å²) >= 11 is 0. The molecule has 0 aliphatic rings. The number of hydrogen-bond acceptors (Lipinski definition) is 4. The van der Waals surface area contributed by atoms with E-state index >= 15 is 0 Å². The van der Waals surface area contributed by atoms with Crippen molar-refractivity contribution in [2.45, 2.75) is 6.04 Å². The van der Waals surface area contributed by atoms with Crippen LogP contribution in [0.1, 0.15) is 22.7 Å². The highest BCUT2D eigenvalue weighted by molar-refractivity contribution is 5.86. The van der Waals surface area contributed by atoms with Gasteiger partial charge in [0.05, 0.1) is 17.7 Å². The van der Waals surface area contributed by atoms with E-state index in [-0.39, 0.29) is 11.8 Å². The van der Waals surface area contributed by atoms with Crippen LogP contribution >= 0.6 is 0 Å². The number of pyridine rings is 1. The van der Waals surface area contributed by atoms with Crippen molar-refractivity contribution >= 4 is 16.6 Å². The number of rotatable bonds is 4. The Morgan fingerprint density at radius 1 is 0.889 bits per heavy atom. The molecule has 0 amide bonds. The lowest BCUT2D eigenvalue weighted by Gasteiger charge is -2.22. The van der Waals surface area contributed by atoms with E-state index in [1.54, 1.807) is 18.3 Å². The van der Waals surface area contributed by atoms with Crippen molar-refractivity contribution in [2.75, 3.05) is 5.32 Å². The van der Waals surface area contributed by atoms with Crippen LogP contribution in [0.2, 0.25) is 0 Å². The Morgan fingerprint density at radius 3 is 2.41 bits per heavy atom. The summed E-state index contributed by atoms with van der Waals surface area (Å²) in [6, 6.07) is 26.7. The summed E-state index contributed by atoms with van der Waals surface area (Å²) in [5, 5.41) is 24.3. The normalized spacial score (nSPS) is 11.7. The molecule has 1 atom stereocenters. The minimum absolute atomic E-state index is 0.170. The number of hydrogen-bond donors (Lipinski definition) is 2. The van der Waals surface area contributed by atoms with E-state index in [2.05, 4.69) is 16.4 Å². The van der Waals surface area contributed by atoms with Gasteiger partial charge in [0, 0.05) is 22.8 Å². The number of nitrogens with zero attached hydrogens (tertiary/aromatic N) is 2. The molecule has 4 rings (SSSR count). The Kier molecular flexibility index (Phi) is 4.42. The van der Waals surface area contributed by atoms with E-state index in [1.165, 1.54) is 0 Å². The molecular weight excluding hydrogens is 334 g/mol. The van der Waals surface area contributed by atoms with Gasteiger partial charge < -0.3 is 10.4 Å². The second-order valence-corrected chi connectivity index (χ2v) is 6.26. The van der Waals surface area contributed by atoms with Crippen molar-refractivity contribution in [3.63, 3.8) is 0 Å². The zero-order valence-corrected chi connectivity index (χ0v) is 14.5. The van der Waals surface area contributed by atoms with E-state index in [4.69, 9.17) is 5.26 Å². The van der Waals surface area contributed by atoms with Gasteiger partial charge in [-0.05, 0) is 35.9 Å². The average molecular weight is 351 g/mol. The van der Waals surface area contributed by atoms with E-state index in [1.807, 2.05) is 66.7 Å². The molecule has 4 aromatic rings. The summed E-state index contributed by atoms with van der Waals surface area (Å²) < 4.78 is 0. The number of nitriles is 1. The Balaban J connectivity index is 1.81. The van der Waals surface area contributed by atoms with Gasteiger partial charge in [-0.25, -0.2) is 0 Å². The van der Waals surface area contributed by atoms with Crippen molar-refractivity contribution in [1.29, 1.82) is 5.26 Å². The number of aromatic nitrogens is 1. The summed E-state index contributed by atoms with van der Waals surface area (Å²) in [5.41, 5.74) is 3.82. The summed E-state index contributed by atoms with van der Waals surface area (Å²) in [4.78, 5) is 4.33. The van der Waals surface area contributed by atoms with Gasteiger partial charge >= 0.3 is 0 Å². The van der Waals surface area contributed by atoms with Crippen LogP contribution in [0, 0.1) is 11.3 Å². The highest BCUT2D eigenvalue weighted by Crippen LogP contribution is 2.36. The molecule has 1 aromatic heterocycles. The molecule has 4 heteroatoms. The minimum atomic E-state index is -0.259. The molecule has 0 radical (unpaired) electrons. The first-order valence-corrected chi connectivity index (χ1v) is 8.64. The Labute approximate surface area is 157 Å². The van der Waals surface area contributed by atoms with Gasteiger partial charge in [0.2, 0.25) is 0 Å². The lowest BCUT2D eigenvalue weighted by atomic mass is 9.96. The summed E-state index contributed by atoms with van der Waals surface area (Å²) in [6.07, 6.45) is 1.68. The van der Waals surface area contributed by atoms with Crippen LogP contribution in [0.15, 0.2) is 85.1 Å². The number of anilines is 1. The monoisotopic (exact) mass is 351 g/mol. The van der Waals surface area contributed by atoms with Gasteiger partial charge in [0.1, 0.15) is 11.3 Å². The molecular formula is C23H17N3O. The maximum atomic E-state index is 10.9. The molecule has 0 aliphatic carbocycles. The molecule has 3 aromatic carbocycles. The predicted octanol–water partition coefficient (Wildman–Crippen LogP) is 5.01. The van der Waals surface area contributed by atoms with Crippen molar-refractivity contribution in [3.8, 4) is 11.8 Å². The fourth-order valence-corrected chi connectivity index (χ4v) is 3.17. The predicted molar refractivity (Wildman–Crippen MR) is 106 cm³/mol. The number of benzene rings is 3. The van der Waals surface area contributed by atoms with Crippen molar-refractivity contribution in [3.05, 3.63) is 102 Å². The van der Waals surface area contributed by atoms with Crippen LogP contribution in [0.4, 0.5) is 5.69 Å². The molecule has 1 heterocycles. The summed E-state index contributed by atoms with van der Waals surface area (Å²) in [6.45, 7) is 0. The molecule has 0 aliphatic heterocycles. The van der Waals surface area contributed by atoms with Crippen LogP contribution < -0.4 is 5.32 Å². The fraction of sp³-hybridized carbons (Fsp3) is 0.0435. The molecule has 0 saturated heterocycles. The third kappa shape index (κ3) is 3.31. The molecule has 0 fully saturated rings. The van der Waals surface area contributed by atoms with Crippen molar-refractivity contribution in [2.24, 2.45) is 0 Å². The van der Waals surface area contributed by atoms with Gasteiger partial charge in [-0.3, -0.25) is 4.98 Å². The van der Waals surface area contributed by atoms with E-state index in [9.17, 15) is 5.11 Å². The molecule has 1 unspecified atom stereocenters. The van der Waals surface area contributed by atoms with E-state index in [0.29, 0.717) is 11.1 Å². The van der Waals surface area contributed by atoms with Gasteiger partial charge in [-0.1, -0.05) is 48.5 Å². The van der Waals surface area contributed by atoms with Crippen LogP contribution in [-0.2, 0) is 0 Å². The topological polar surface area (TPSA) is 68.9 Å². The lowest BCUT2D eigenvalue weighted by molar-refractivity contribution is 0.472. The smallest absolute Gasteiger partial charge is 0.147 e. The van der Waals surface area contributed by atoms with Gasteiger partial charge in [-0.2, -0.15) is 5.26 Å². The number of phenols is 1. The third-order valence-electron chi connectivity index (χ3n) is 4.55. The van der Waals surface area contributed by atoms with E-state index in [0.717, 1.165) is 22.2 Å². The largest absolute Gasteiger partial charge is 0.505 e. The highest BCUT2D eigenvalue weighted by Gasteiger charge is 2.19. The Hall–Kier alpha value is -3.84. The van der Waals surface area contributed by atoms with Crippen LogP contribution in [0.3, 0.4) is 0 Å². The molecule has 0 spiro atoms.